The second-order valence-electron chi connectivity index (χ2n) is 5.51. The van der Waals surface area contributed by atoms with E-state index in [0.717, 1.165) is 25.7 Å². The van der Waals surface area contributed by atoms with E-state index in [2.05, 4.69) is 10.6 Å². The Morgan fingerprint density at radius 1 is 1.14 bits per heavy atom. The fourth-order valence-corrected chi connectivity index (χ4v) is 3.36. The number of carbonyl (C=O) groups excluding carboxylic acids is 2. The minimum absolute atomic E-state index is 0.0883. The van der Waals surface area contributed by atoms with Gasteiger partial charge in [0.2, 0.25) is 5.91 Å². The van der Waals surface area contributed by atoms with Crippen molar-refractivity contribution in [1.82, 2.24) is 10.6 Å². The molecule has 22 heavy (non-hydrogen) atoms. The van der Waals surface area contributed by atoms with Gasteiger partial charge < -0.3 is 10.6 Å². The molecular weight excluding hydrogens is 398 g/mol. The topological polar surface area (TPSA) is 58.2 Å². The zero-order valence-electron chi connectivity index (χ0n) is 12.3. The number of hydrogen-bond acceptors (Lipinski definition) is 2. The lowest BCUT2D eigenvalue weighted by Crippen LogP contribution is -2.38. The summed E-state index contributed by atoms with van der Waals surface area (Å²) in [7, 11) is 0. The number of nitrogens with one attached hydrogen (secondary N) is 2. The van der Waals surface area contributed by atoms with Crippen molar-refractivity contribution >= 4 is 34.4 Å². The van der Waals surface area contributed by atoms with Gasteiger partial charge in [0.1, 0.15) is 5.82 Å². The van der Waals surface area contributed by atoms with E-state index < -0.39 is 0 Å². The molecule has 0 heterocycles. The van der Waals surface area contributed by atoms with Crippen molar-refractivity contribution in [1.29, 1.82) is 0 Å². The summed E-state index contributed by atoms with van der Waals surface area (Å²) in [6, 6.07) is 4.05. The van der Waals surface area contributed by atoms with Gasteiger partial charge in [-0.1, -0.05) is 19.3 Å². The Balaban J connectivity index is 1.71. The second-order valence-corrected chi connectivity index (χ2v) is 6.67. The van der Waals surface area contributed by atoms with Gasteiger partial charge in [-0.2, -0.15) is 0 Å². The fourth-order valence-electron chi connectivity index (χ4n) is 2.64. The Labute approximate surface area is 143 Å². The maximum Gasteiger partial charge on any atom is 0.252 e. The maximum atomic E-state index is 13.0. The van der Waals surface area contributed by atoms with Crippen LogP contribution in [0.25, 0.3) is 0 Å². The van der Waals surface area contributed by atoms with Crippen molar-refractivity contribution in [2.24, 2.45) is 5.92 Å². The van der Waals surface area contributed by atoms with Crippen LogP contribution >= 0.6 is 22.6 Å². The predicted octanol–water partition coefficient (Wildman–Crippen LogP) is 2.86. The molecule has 6 heteroatoms. The number of carbonyl (C=O) groups is 2. The highest BCUT2D eigenvalue weighted by Crippen LogP contribution is 2.23. The minimum atomic E-state index is -0.360. The van der Waals surface area contributed by atoms with Crippen molar-refractivity contribution in [2.75, 3.05) is 13.1 Å². The molecule has 0 aromatic heterocycles. The van der Waals surface area contributed by atoms with E-state index in [9.17, 15) is 14.0 Å². The van der Waals surface area contributed by atoms with Gasteiger partial charge in [0, 0.05) is 22.6 Å². The van der Waals surface area contributed by atoms with E-state index >= 15 is 0 Å². The number of halogens is 2. The Kier molecular flexibility index (Phi) is 6.60. The molecule has 1 aliphatic rings. The first-order chi connectivity index (χ1) is 10.6. The zero-order valence-corrected chi connectivity index (χ0v) is 14.5. The van der Waals surface area contributed by atoms with Crippen LogP contribution in [0.1, 0.15) is 42.5 Å². The molecule has 2 rings (SSSR count). The van der Waals surface area contributed by atoms with Crippen LogP contribution in [0.3, 0.4) is 0 Å². The molecule has 4 nitrogen and oxygen atoms in total. The van der Waals surface area contributed by atoms with Gasteiger partial charge in [0.15, 0.2) is 0 Å². The summed E-state index contributed by atoms with van der Waals surface area (Å²) in [5.41, 5.74) is 0.445. The number of hydrogen-bond donors (Lipinski definition) is 2. The second kappa shape index (κ2) is 8.45. The number of benzene rings is 1. The van der Waals surface area contributed by atoms with Crippen LogP contribution in [-0.2, 0) is 4.79 Å². The van der Waals surface area contributed by atoms with Crippen LogP contribution in [0, 0.1) is 15.3 Å². The van der Waals surface area contributed by atoms with Crippen molar-refractivity contribution in [3.63, 3.8) is 0 Å². The smallest absolute Gasteiger partial charge is 0.252 e. The molecule has 0 aliphatic heterocycles. The van der Waals surface area contributed by atoms with Crippen LogP contribution in [0.15, 0.2) is 18.2 Å². The van der Waals surface area contributed by atoms with Gasteiger partial charge >= 0.3 is 0 Å². The molecule has 0 atom stereocenters. The number of rotatable bonds is 5. The molecule has 0 unspecified atom stereocenters. The summed E-state index contributed by atoms with van der Waals surface area (Å²) >= 11 is 1.93. The van der Waals surface area contributed by atoms with Crippen LogP contribution in [-0.4, -0.2) is 24.9 Å². The molecule has 2 N–H and O–H groups in total. The van der Waals surface area contributed by atoms with Crippen molar-refractivity contribution in [2.45, 2.75) is 32.1 Å². The summed E-state index contributed by atoms with van der Waals surface area (Å²) in [4.78, 5) is 23.9. The maximum absolute atomic E-state index is 13.0. The normalized spacial score (nSPS) is 15.4. The van der Waals surface area contributed by atoms with E-state index in [-0.39, 0.29) is 23.5 Å². The first kappa shape index (κ1) is 17.2. The van der Waals surface area contributed by atoms with E-state index in [4.69, 9.17) is 0 Å². The van der Waals surface area contributed by atoms with Gasteiger partial charge in [-0.15, -0.1) is 0 Å². The summed E-state index contributed by atoms with van der Waals surface area (Å²) in [5.74, 6) is -0.398. The van der Waals surface area contributed by atoms with Crippen LogP contribution in [0.2, 0.25) is 0 Å². The van der Waals surface area contributed by atoms with E-state index in [1.807, 2.05) is 22.6 Å². The quantitative estimate of drug-likeness (QED) is 0.571. The molecule has 1 aromatic carbocycles. The van der Waals surface area contributed by atoms with Gasteiger partial charge in [0.05, 0.1) is 5.56 Å². The van der Waals surface area contributed by atoms with Crippen LogP contribution in [0.5, 0.6) is 0 Å². The fraction of sp³-hybridized carbons (Fsp3) is 0.500. The van der Waals surface area contributed by atoms with Crippen LogP contribution in [0.4, 0.5) is 4.39 Å². The SMILES string of the molecule is O=C(NCCNC(=O)C1CCCCC1)c1ccc(F)cc1I. The lowest BCUT2D eigenvalue weighted by Gasteiger charge is -2.20. The molecule has 0 saturated heterocycles. The number of amides is 2. The highest BCUT2D eigenvalue weighted by Gasteiger charge is 2.20. The Hall–Kier alpha value is -1.18. The molecule has 1 aliphatic carbocycles. The van der Waals surface area contributed by atoms with Gasteiger partial charge in [0.25, 0.3) is 5.91 Å². The monoisotopic (exact) mass is 418 g/mol. The average Bonchev–Trinajstić information content (AvgIpc) is 2.52. The van der Waals surface area contributed by atoms with Crippen molar-refractivity contribution < 1.29 is 14.0 Å². The first-order valence-electron chi connectivity index (χ1n) is 7.59. The molecule has 1 saturated carbocycles. The summed E-state index contributed by atoms with van der Waals surface area (Å²) in [5, 5.41) is 5.60. The Morgan fingerprint density at radius 3 is 2.50 bits per heavy atom. The van der Waals surface area contributed by atoms with E-state index in [1.54, 1.807) is 0 Å². The summed E-state index contributed by atoms with van der Waals surface area (Å²) in [6.07, 6.45) is 5.39. The first-order valence-corrected chi connectivity index (χ1v) is 8.67. The predicted molar refractivity (Wildman–Crippen MR) is 91.0 cm³/mol. The van der Waals surface area contributed by atoms with Gasteiger partial charge in [-0.25, -0.2) is 4.39 Å². The van der Waals surface area contributed by atoms with Crippen LogP contribution < -0.4 is 10.6 Å². The lowest BCUT2D eigenvalue weighted by atomic mass is 9.89. The third kappa shape index (κ3) is 4.93. The minimum Gasteiger partial charge on any atom is -0.354 e. The highest BCUT2D eigenvalue weighted by molar-refractivity contribution is 14.1. The van der Waals surface area contributed by atoms with E-state index in [1.165, 1.54) is 24.6 Å². The molecule has 2 amide bonds. The average molecular weight is 418 g/mol. The third-order valence-electron chi connectivity index (χ3n) is 3.86. The highest BCUT2D eigenvalue weighted by atomic mass is 127. The summed E-state index contributed by atoms with van der Waals surface area (Å²) in [6.45, 7) is 0.781. The Bertz CT molecular complexity index is 545. The molecule has 0 spiro atoms. The zero-order chi connectivity index (χ0) is 15.9. The molecule has 0 bridgehead atoms. The lowest BCUT2D eigenvalue weighted by molar-refractivity contribution is -0.125. The summed E-state index contributed by atoms with van der Waals surface area (Å²) < 4.78 is 13.6. The van der Waals surface area contributed by atoms with Crippen molar-refractivity contribution in [3.05, 3.63) is 33.1 Å². The van der Waals surface area contributed by atoms with Gasteiger partial charge in [-0.05, 0) is 53.6 Å². The van der Waals surface area contributed by atoms with E-state index in [0.29, 0.717) is 22.2 Å². The molecule has 0 radical (unpaired) electrons. The van der Waals surface area contributed by atoms with Gasteiger partial charge in [-0.3, -0.25) is 9.59 Å². The molecule has 1 aromatic rings. The van der Waals surface area contributed by atoms with Crippen molar-refractivity contribution in [3.8, 4) is 0 Å². The molecule has 120 valence electrons. The standard InChI is InChI=1S/C16H20FIN2O2/c17-12-6-7-13(14(18)10-12)16(22)20-9-8-19-15(21)11-4-2-1-3-5-11/h6-7,10-11H,1-5,8-9H2,(H,19,21)(H,20,22). The molecule has 1 fully saturated rings. The largest absolute Gasteiger partial charge is 0.354 e. The Morgan fingerprint density at radius 2 is 1.82 bits per heavy atom. The molecular formula is C16H20FIN2O2. The third-order valence-corrected chi connectivity index (χ3v) is 4.75.